The van der Waals surface area contributed by atoms with Gasteiger partial charge < -0.3 is 27.1 Å². The van der Waals surface area contributed by atoms with Crippen LogP contribution in [0.2, 0.25) is 0 Å². The summed E-state index contributed by atoms with van der Waals surface area (Å²) in [5, 5.41) is 0. The van der Waals surface area contributed by atoms with E-state index in [4.69, 9.17) is 32.7 Å². The molecular formula is C31H25BCl2F2N2O4. The van der Waals surface area contributed by atoms with Crippen LogP contribution in [0.3, 0.4) is 0 Å². The molecule has 5 rings (SSSR count). The summed E-state index contributed by atoms with van der Waals surface area (Å²) in [5.41, 5.74) is 3.39. The lowest BCUT2D eigenvalue weighted by Gasteiger charge is -2.31. The maximum Gasteiger partial charge on any atom is 0.737 e. The number of benzene rings is 2. The standard InChI is InChI=1S/C31H25BCl2F2N2O4/c1-3-41-30(39)28-22(15-17-33)37-24(26(28)20-11-7-5-8-12-20)19-25-27(21-13-9-6-10-14-21)29(31(40)42-4-2)23(16-18-34)38(25)32(37,35)36/h5-19H,3-4H2,1-2H3/b17-15+,18-16+. The summed E-state index contributed by atoms with van der Waals surface area (Å²) in [6, 6.07) is 17.5. The minimum absolute atomic E-state index is 0.0363. The van der Waals surface area contributed by atoms with Gasteiger partial charge in [-0.3, -0.25) is 0 Å². The van der Waals surface area contributed by atoms with Gasteiger partial charge in [-0.2, -0.15) is 0 Å². The quantitative estimate of drug-likeness (QED) is 0.198. The fourth-order valence-electron chi connectivity index (χ4n) is 5.51. The minimum Gasteiger partial charge on any atom is -0.462 e. The Hall–Kier alpha value is -4.21. The third kappa shape index (κ3) is 4.72. The molecule has 0 saturated carbocycles. The summed E-state index contributed by atoms with van der Waals surface area (Å²) in [6.07, 6.45) is 4.03. The fraction of sp³-hybridized carbons (Fsp3) is 0.129. The van der Waals surface area contributed by atoms with Crippen LogP contribution < -0.4 is 0 Å². The van der Waals surface area contributed by atoms with Gasteiger partial charge in [-0.15, -0.1) is 0 Å². The van der Waals surface area contributed by atoms with E-state index in [1.807, 2.05) is 0 Å². The van der Waals surface area contributed by atoms with E-state index in [1.165, 1.54) is 12.2 Å². The van der Waals surface area contributed by atoms with Gasteiger partial charge >= 0.3 is 18.9 Å². The fourth-order valence-corrected chi connectivity index (χ4v) is 5.75. The Morgan fingerprint density at radius 2 is 1.45 bits per heavy atom. The molecule has 42 heavy (non-hydrogen) atoms. The van der Waals surface area contributed by atoms with Crippen LogP contribution in [0.1, 0.15) is 41.2 Å². The molecule has 0 spiro atoms. The first-order valence-electron chi connectivity index (χ1n) is 13.2. The smallest absolute Gasteiger partial charge is 0.462 e. The van der Waals surface area contributed by atoms with Crippen molar-refractivity contribution in [1.82, 2.24) is 4.48 Å². The van der Waals surface area contributed by atoms with Crippen molar-refractivity contribution in [3.8, 4) is 11.1 Å². The summed E-state index contributed by atoms with van der Waals surface area (Å²) < 4.78 is 46.6. The van der Waals surface area contributed by atoms with E-state index in [2.05, 4.69) is 0 Å². The third-order valence-corrected chi connectivity index (χ3v) is 7.24. The highest BCUT2D eigenvalue weighted by Gasteiger charge is 2.58. The number of hydrogen-bond acceptors (Lipinski definition) is 4. The number of hydrogen-bond donors (Lipinski definition) is 0. The molecule has 2 aliphatic heterocycles. The van der Waals surface area contributed by atoms with Gasteiger partial charge in [0.05, 0.1) is 24.4 Å². The van der Waals surface area contributed by atoms with Crippen molar-refractivity contribution in [2.45, 2.75) is 13.8 Å². The number of fused-ring (bicyclic) bond motifs is 2. The number of halogens is 4. The number of ether oxygens (including phenoxy) is 2. The summed E-state index contributed by atoms with van der Waals surface area (Å²) in [4.78, 5) is 26.8. The topological polar surface area (TPSA) is 60.5 Å². The Balaban J connectivity index is 1.97. The van der Waals surface area contributed by atoms with Crippen LogP contribution in [0.4, 0.5) is 8.63 Å². The third-order valence-electron chi connectivity index (χ3n) is 6.98. The van der Waals surface area contributed by atoms with Gasteiger partial charge in [-0.1, -0.05) is 83.9 Å². The minimum atomic E-state index is -4.76. The van der Waals surface area contributed by atoms with E-state index in [0.29, 0.717) is 11.1 Å². The van der Waals surface area contributed by atoms with Crippen LogP contribution in [0.25, 0.3) is 28.9 Å². The highest BCUT2D eigenvalue weighted by Crippen LogP contribution is 2.47. The molecule has 0 bridgehead atoms. The molecule has 0 unspecified atom stereocenters. The molecule has 3 heterocycles. The van der Waals surface area contributed by atoms with E-state index in [-0.39, 0.29) is 58.3 Å². The lowest BCUT2D eigenvalue weighted by atomic mass is 9.87. The number of nitrogens with zero attached hydrogens (tertiary/aromatic N) is 2. The normalized spacial score (nSPS) is 15.7. The molecule has 214 valence electrons. The highest BCUT2D eigenvalue weighted by atomic mass is 35.5. The number of esters is 2. The molecule has 2 aromatic carbocycles. The highest BCUT2D eigenvalue weighted by molar-refractivity contribution is 6.60. The first-order valence-corrected chi connectivity index (χ1v) is 14.1. The predicted octanol–water partition coefficient (Wildman–Crippen LogP) is 7.36. The van der Waals surface area contributed by atoms with Crippen LogP contribution in [0.5, 0.6) is 0 Å². The summed E-state index contributed by atoms with van der Waals surface area (Å²) in [5.74, 6) is -1.55. The maximum atomic E-state index is 17.2. The van der Waals surface area contributed by atoms with E-state index < -0.39 is 18.9 Å². The molecule has 11 heteroatoms. The summed E-state index contributed by atoms with van der Waals surface area (Å²) in [7, 11) is 0. The number of aromatic nitrogens is 1. The van der Waals surface area contributed by atoms with Gasteiger partial charge in [-0.05, 0) is 31.1 Å². The Kier molecular flexibility index (Phi) is 8.34. The van der Waals surface area contributed by atoms with Crippen LogP contribution in [0.15, 0.2) is 89.1 Å². The van der Waals surface area contributed by atoms with Crippen LogP contribution in [-0.4, -0.2) is 46.8 Å². The molecule has 1 aromatic heterocycles. The van der Waals surface area contributed by atoms with Gasteiger partial charge in [-0.25, -0.2) is 9.59 Å². The van der Waals surface area contributed by atoms with Crippen LogP contribution >= 0.6 is 23.2 Å². The summed E-state index contributed by atoms with van der Waals surface area (Å²) in [6.45, 7) is -1.41. The first-order chi connectivity index (χ1) is 20.3. The number of rotatable bonds is 8. The monoisotopic (exact) mass is 608 g/mol. The van der Waals surface area contributed by atoms with Crippen molar-refractivity contribution in [1.29, 1.82) is 0 Å². The second-order valence-electron chi connectivity index (χ2n) is 9.27. The molecule has 6 nitrogen and oxygen atoms in total. The van der Waals surface area contributed by atoms with Crippen molar-refractivity contribution in [2.24, 2.45) is 0 Å². The SMILES string of the molecule is CCOC(=O)C1=C(c2ccccc2)C2=Cc3c(-c4ccccc4)c(C(=O)OCC)c(/C=C/Cl)n3[B-](F)(F)[N+]2=C1/C=C/Cl. The Bertz CT molecular complexity index is 1730. The lowest BCUT2D eigenvalue weighted by Crippen LogP contribution is -2.51. The van der Waals surface area contributed by atoms with Crippen molar-refractivity contribution < 1.29 is 32.2 Å². The van der Waals surface area contributed by atoms with E-state index in [0.717, 1.165) is 20.0 Å². The van der Waals surface area contributed by atoms with E-state index >= 15 is 8.63 Å². The lowest BCUT2D eigenvalue weighted by molar-refractivity contribution is -0.358. The van der Waals surface area contributed by atoms with Gasteiger partial charge in [0.25, 0.3) is 0 Å². The Morgan fingerprint density at radius 1 is 0.881 bits per heavy atom. The zero-order chi connectivity index (χ0) is 30.0. The molecule has 0 N–H and O–H groups in total. The van der Waals surface area contributed by atoms with Crippen molar-refractivity contribution in [2.75, 3.05) is 13.2 Å². The molecule has 0 aliphatic carbocycles. The van der Waals surface area contributed by atoms with Gasteiger partial charge in [0.15, 0.2) is 11.4 Å². The first kappa shape index (κ1) is 29.3. The molecular weight excluding hydrogens is 584 g/mol. The molecule has 0 radical (unpaired) electrons. The van der Waals surface area contributed by atoms with E-state index in [9.17, 15) is 9.59 Å². The molecule has 0 fully saturated rings. The Labute approximate surface area is 251 Å². The molecule has 0 saturated heterocycles. The van der Waals surface area contributed by atoms with E-state index in [1.54, 1.807) is 80.6 Å². The van der Waals surface area contributed by atoms with Gasteiger partial charge in [0.2, 0.25) is 0 Å². The largest absolute Gasteiger partial charge is 0.737 e. The number of carbonyl (C=O) groups excluding carboxylic acids is 2. The average Bonchev–Trinajstić information content (AvgIpc) is 3.49. The average molecular weight is 609 g/mol. The van der Waals surface area contributed by atoms with Crippen LogP contribution in [-0.2, 0) is 14.3 Å². The Morgan fingerprint density at radius 3 is 2.02 bits per heavy atom. The van der Waals surface area contributed by atoms with Gasteiger partial charge in [0.1, 0.15) is 5.57 Å². The van der Waals surface area contributed by atoms with Crippen molar-refractivity contribution in [3.63, 3.8) is 0 Å². The molecule has 2 aliphatic rings. The van der Waals surface area contributed by atoms with Crippen molar-refractivity contribution in [3.05, 3.63) is 112 Å². The molecule has 0 amide bonds. The number of allylic oxidation sites excluding steroid dienone is 2. The second kappa shape index (κ2) is 12.0. The maximum absolute atomic E-state index is 17.2. The molecule has 0 atom stereocenters. The van der Waals surface area contributed by atoms with Crippen LogP contribution in [0, 0.1) is 0 Å². The zero-order valence-electron chi connectivity index (χ0n) is 22.7. The second-order valence-corrected chi connectivity index (χ2v) is 9.78. The number of carbonyl (C=O) groups is 2. The van der Waals surface area contributed by atoms with Crippen molar-refractivity contribution >= 4 is 65.5 Å². The zero-order valence-corrected chi connectivity index (χ0v) is 24.2. The predicted molar refractivity (Wildman–Crippen MR) is 162 cm³/mol. The van der Waals surface area contributed by atoms with Gasteiger partial charge in [0, 0.05) is 40.2 Å². The summed E-state index contributed by atoms with van der Waals surface area (Å²) >= 11 is 11.9. The molecule has 3 aromatic rings.